The first-order chi connectivity index (χ1) is 9.16. The number of carboxylic acid groups (broad SMARTS) is 1. The van der Waals surface area contributed by atoms with Gasteiger partial charge in [0.25, 0.3) is 0 Å². The van der Waals surface area contributed by atoms with Gasteiger partial charge in [0.1, 0.15) is 11.4 Å². The molecule has 0 fully saturated rings. The highest BCUT2D eigenvalue weighted by molar-refractivity contribution is 6.30. The summed E-state index contributed by atoms with van der Waals surface area (Å²) in [7, 11) is 1.39. The first kappa shape index (κ1) is 16.2. The number of halogens is 2. The van der Waals surface area contributed by atoms with Crippen molar-refractivity contribution < 1.29 is 19.1 Å². The summed E-state index contributed by atoms with van der Waals surface area (Å²) in [5, 5.41) is 11.5. The Morgan fingerprint density at radius 2 is 2.05 bits per heavy atom. The van der Waals surface area contributed by atoms with Crippen LogP contribution in [0.15, 0.2) is 18.2 Å². The number of amides is 2. The lowest BCUT2D eigenvalue weighted by Gasteiger charge is -2.31. The quantitative estimate of drug-likeness (QED) is 0.897. The molecule has 20 heavy (non-hydrogen) atoms. The van der Waals surface area contributed by atoms with E-state index in [1.807, 2.05) is 0 Å². The van der Waals surface area contributed by atoms with E-state index in [1.165, 1.54) is 39.1 Å². The summed E-state index contributed by atoms with van der Waals surface area (Å²) in [6.07, 6.45) is 0. The van der Waals surface area contributed by atoms with Crippen LogP contribution in [0.25, 0.3) is 0 Å². The number of hydrogen-bond acceptors (Lipinski definition) is 2. The van der Waals surface area contributed by atoms with Gasteiger partial charge in [-0.25, -0.2) is 14.0 Å². The van der Waals surface area contributed by atoms with E-state index in [0.29, 0.717) is 5.56 Å². The van der Waals surface area contributed by atoms with Gasteiger partial charge >= 0.3 is 12.0 Å². The second-order valence-electron chi connectivity index (χ2n) is 4.83. The predicted octanol–water partition coefficient (Wildman–Crippen LogP) is 2.48. The van der Waals surface area contributed by atoms with E-state index >= 15 is 0 Å². The second-order valence-corrected chi connectivity index (χ2v) is 5.24. The van der Waals surface area contributed by atoms with E-state index in [0.717, 1.165) is 4.90 Å². The molecule has 2 amide bonds. The minimum absolute atomic E-state index is 0.0315. The molecular formula is C13H16ClFN2O3. The third-order valence-electron chi connectivity index (χ3n) is 3.09. The van der Waals surface area contributed by atoms with Gasteiger partial charge in [-0.15, -0.1) is 0 Å². The number of likely N-dealkylation sites (N-methyl/N-ethyl adjacent to an activating group) is 1. The smallest absolute Gasteiger partial charge is 0.329 e. The van der Waals surface area contributed by atoms with E-state index in [-0.39, 0.29) is 11.6 Å². The van der Waals surface area contributed by atoms with E-state index in [4.69, 9.17) is 16.7 Å². The van der Waals surface area contributed by atoms with Crippen LogP contribution in [-0.4, -0.2) is 34.6 Å². The molecule has 0 bridgehead atoms. The van der Waals surface area contributed by atoms with Crippen LogP contribution in [-0.2, 0) is 11.3 Å². The largest absolute Gasteiger partial charge is 0.480 e. The number of urea groups is 1. The Morgan fingerprint density at radius 1 is 1.45 bits per heavy atom. The highest BCUT2D eigenvalue weighted by Gasteiger charge is 2.35. The molecule has 0 radical (unpaired) electrons. The SMILES string of the molecule is CN(C(=O)NCc1ccc(F)c(Cl)c1)C(C)(C)C(=O)O. The van der Waals surface area contributed by atoms with Crippen molar-refractivity contribution in [2.75, 3.05) is 7.05 Å². The number of carbonyl (C=O) groups excluding carboxylic acids is 1. The van der Waals surface area contributed by atoms with Crippen LogP contribution < -0.4 is 5.32 Å². The minimum Gasteiger partial charge on any atom is -0.480 e. The molecule has 5 nitrogen and oxygen atoms in total. The Morgan fingerprint density at radius 3 is 2.55 bits per heavy atom. The maximum atomic E-state index is 13.0. The van der Waals surface area contributed by atoms with Crippen molar-refractivity contribution in [2.45, 2.75) is 25.9 Å². The standard InChI is InChI=1S/C13H16ClFN2O3/c1-13(2,11(18)19)17(3)12(20)16-7-8-4-5-10(15)9(14)6-8/h4-6H,7H2,1-3H3,(H,16,20)(H,18,19). The molecule has 0 aliphatic carbocycles. The Labute approximate surface area is 121 Å². The van der Waals surface area contributed by atoms with Gasteiger partial charge in [-0.3, -0.25) is 0 Å². The fraction of sp³-hybridized carbons (Fsp3) is 0.385. The van der Waals surface area contributed by atoms with Gasteiger partial charge < -0.3 is 15.3 Å². The number of aliphatic carboxylic acids is 1. The van der Waals surface area contributed by atoms with Gasteiger partial charge in [0.05, 0.1) is 5.02 Å². The van der Waals surface area contributed by atoms with Crippen molar-refractivity contribution in [2.24, 2.45) is 0 Å². The predicted molar refractivity (Wildman–Crippen MR) is 73.1 cm³/mol. The van der Waals surface area contributed by atoms with Crippen molar-refractivity contribution in [3.8, 4) is 0 Å². The molecule has 1 aromatic carbocycles. The van der Waals surface area contributed by atoms with Crippen LogP contribution in [0.4, 0.5) is 9.18 Å². The van der Waals surface area contributed by atoms with Crippen molar-refractivity contribution in [3.63, 3.8) is 0 Å². The lowest BCUT2D eigenvalue weighted by molar-refractivity contribution is -0.146. The number of carboxylic acids is 1. The number of nitrogens with zero attached hydrogens (tertiary/aromatic N) is 1. The van der Waals surface area contributed by atoms with Gasteiger partial charge in [-0.2, -0.15) is 0 Å². The molecule has 0 aromatic heterocycles. The summed E-state index contributed by atoms with van der Waals surface area (Å²) in [6, 6.07) is 3.55. The molecule has 0 saturated heterocycles. The summed E-state index contributed by atoms with van der Waals surface area (Å²) in [6.45, 7) is 2.96. The first-order valence-electron chi connectivity index (χ1n) is 5.85. The zero-order valence-electron chi connectivity index (χ0n) is 11.4. The first-order valence-corrected chi connectivity index (χ1v) is 6.23. The van der Waals surface area contributed by atoms with E-state index in [1.54, 1.807) is 0 Å². The van der Waals surface area contributed by atoms with Gasteiger partial charge in [0.15, 0.2) is 0 Å². The molecule has 0 aliphatic heterocycles. The average Bonchev–Trinajstić information content (AvgIpc) is 2.38. The molecule has 0 atom stereocenters. The Bertz CT molecular complexity index is 534. The normalized spacial score (nSPS) is 11.1. The van der Waals surface area contributed by atoms with Crippen molar-refractivity contribution >= 4 is 23.6 Å². The van der Waals surface area contributed by atoms with E-state index < -0.39 is 23.4 Å². The lowest BCUT2D eigenvalue weighted by atomic mass is 10.1. The fourth-order valence-corrected chi connectivity index (χ4v) is 1.55. The number of benzene rings is 1. The van der Waals surface area contributed by atoms with E-state index in [9.17, 15) is 14.0 Å². The highest BCUT2D eigenvalue weighted by atomic mass is 35.5. The molecule has 0 spiro atoms. The number of hydrogen-bond donors (Lipinski definition) is 2. The molecular weight excluding hydrogens is 287 g/mol. The lowest BCUT2D eigenvalue weighted by Crippen LogP contribution is -2.53. The molecule has 110 valence electrons. The second kappa shape index (κ2) is 6.09. The molecule has 0 saturated carbocycles. The highest BCUT2D eigenvalue weighted by Crippen LogP contribution is 2.16. The third kappa shape index (κ3) is 3.60. The van der Waals surface area contributed by atoms with Crippen LogP contribution in [0.1, 0.15) is 19.4 Å². The van der Waals surface area contributed by atoms with Crippen LogP contribution in [0.5, 0.6) is 0 Å². The van der Waals surface area contributed by atoms with Crippen LogP contribution in [0.3, 0.4) is 0 Å². The fourth-order valence-electron chi connectivity index (χ4n) is 1.34. The summed E-state index contributed by atoms with van der Waals surface area (Å²) in [4.78, 5) is 24.0. The Balaban J connectivity index is 2.67. The van der Waals surface area contributed by atoms with Crippen molar-refractivity contribution in [1.29, 1.82) is 0 Å². The summed E-state index contributed by atoms with van der Waals surface area (Å²) in [5.74, 6) is -1.65. The van der Waals surface area contributed by atoms with Crippen LogP contribution in [0, 0.1) is 5.82 Å². The summed E-state index contributed by atoms with van der Waals surface area (Å²) >= 11 is 5.63. The Kier molecular flexibility index (Phi) is 4.94. The number of rotatable bonds is 4. The molecule has 0 unspecified atom stereocenters. The minimum atomic E-state index is -1.33. The van der Waals surface area contributed by atoms with Crippen LogP contribution in [0.2, 0.25) is 5.02 Å². The maximum absolute atomic E-state index is 13.0. The zero-order chi connectivity index (χ0) is 15.5. The molecule has 0 heterocycles. The molecule has 1 aromatic rings. The monoisotopic (exact) mass is 302 g/mol. The molecule has 0 aliphatic rings. The van der Waals surface area contributed by atoms with Crippen molar-refractivity contribution in [1.82, 2.24) is 10.2 Å². The van der Waals surface area contributed by atoms with Gasteiger partial charge in [0.2, 0.25) is 0 Å². The summed E-state index contributed by atoms with van der Waals surface area (Å²) < 4.78 is 13.0. The van der Waals surface area contributed by atoms with Crippen molar-refractivity contribution in [3.05, 3.63) is 34.6 Å². The van der Waals surface area contributed by atoms with Gasteiger partial charge in [0, 0.05) is 13.6 Å². The number of carbonyl (C=O) groups is 2. The molecule has 1 rings (SSSR count). The third-order valence-corrected chi connectivity index (χ3v) is 3.38. The van der Waals surface area contributed by atoms with Gasteiger partial charge in [-0.05, 0) is 31.5 Å². The maximum Gasteiger partial charge on any atom is 0.329 e. The summed E-state index contributed by atoms with van der Waals surface area (Å²) in [5.41, 5.74) is -0.712. The number of nitrogens with one attached hydrogen (secondary N) is 1. The molecule has 7 heteroatoms. The Hall–Kier alpha value is -1.82. The van der Waals surface area contributed by atoms with E-state index in [2.05, 4.69) is 5.32 Å². The average molecular weight is 303 g/mol. The van der Waals surface area contributed by atoms with Gasteiger partial charge in [-0.1, -0.05) is 17.7 Å². The molecule has 2 N–H and O–H groups in total. The van der Waals surface area contributed by atoms with Crippen LogP contribution >= 0.6 is 11.6 Å². The topological polar surface area (TPSA) is 69.6 Å². The zero-order valence-corrected chi connectivity index (χ0v) is 12.2.